The molecule has 4 aromatic rings. The minimum atomic E-state index is -0.681. The molecule has 0 radical (unpaired) electrons. The molecule has 0 bridgehead atoms. The molecule has 1 atom stereocenters. The Morgan fingerprint density at radius 1 is 1.00 bits per heavy atom. The second kappa shape index (κ2) is 9.17. The molecule has 2 aromatic heterocycles. The third-order valence-corrected chi connectivity index (χ3v) is 5.95. The number of hydrogen-bond acceptors (Lipinski definition) is 7. The number of ether oxygens (including phenoxy) is 2. The van der Waals surface area contributed by atoms with Crippen LogP contribution in [0.4, 0.5) is 10.1 Å². The Labute approximate surface area is 191 Å². The quantitative estimate of drug-likeness (QED) is 0.458. The number of fused-ring (bicyclic) bond motifs is 1. The molecule has 168 valence electrons. The molecule has 1 fully saturated rings. The molecule has 3 heterocycles. The smallest absolute Gasteiger partial charge is 0.129 e. The molecular weight excluding hydrogens is 421 g/mol. The molecule has 7 nitrogen and oxygen atoms in total. The van der Waals surface area contributed by atoms with Gasteiger partial charge in [0.2, 0.25) is 0 Å². The van der Waals surface area contributed by atoms with Gasteiger partial charge in [0.05, 0.1) is 35.8 Å². The van der Waals surface area contributed by atoms with Gasteiger partial charge in [-0.3, -0.25) is 9.97 Å². The Balaban J connectivity index is 1.57. The summed E-state index contributed by atoms with van der Waals surface area (Å²) in [5.41, 5.74) is 5.11. The highest BCUT2D eigenvalue weighted by Gasteiger charge is 2.23. The van der Waals surface area contributed by atoms with Crippen LogP contribution >= 0.6 is 0 Å². The minimum absolute atomic E-state index is 0.372. The lowest BCUT2D eigenvalue weighted by atomic mass is 9.98. The fraction of sp³-hybridized carbons (Fsp3) is 0.280. The Morgan fingerprint density at radius 2 is 1.82 bits per heavy atom. The molecule has 0 aliphatic carbocycles. The summed E-state index contributed by atoms with van der Waals surface area (Å²) in [6, 6.07) is 11.1. The summed E-state index contributed by atoms with van der Waals surface area (Å²) in [6.07, 6.45) is 4.06. The monoisotopic (exact) mass is 445 g/mol. The number of rotatable bonds is 5. The molecule has 1 saturated heterocycles. The Bertz CT molecular complexity index is 1290. The van der Waals surface area contributed by atoms with Crippen LogP contribution < -0.4 is 4.90 Å². The molecule has 0 N–H and O–H groups in total. The summed E-state index contributed by atoms with van der Waals surface area (Å²) >= 11 is 0. The standard InChI is InChI=1S/C25H24FN5O2/c1-16-23(28-8-7-27-16)25(32-2)20-13-17(3-6-21(20)26)24-19-5-4-18(14-22(19)29-15-30-24)31-9-11-33-12-10-31/h3-8,13-15,25H,9-12H2,1-2H3. The molecule has 0 amide bonds. The van der Waals surface area contributed by atoms with Crippen LogP contribution in [0.15, 0.2) is 55.1 Å². The number of hydrogen-bond donors (Lipinski definition) is 0. The van der Waals surface area contributed by atoms with Gasteiger partial charge in [0.15, 0.2) is 0 Å². The van der Waals surface area contributed by atoms with E-state index in [2.05, 4.69) is 37.0 Å². The number of benzene rings is 2. The largest absolute Gasteiger partial charge is 0.378 e. The fourth-order valence-electron chi connectivity index (χ4n) is 4.25. The van der Waals surface area contributed by atoms with Crippen molar-refractivity contribution in [3.63, 3.8) is 0 Å². The summed E-state index contributed by atoms with van der Waals surface area (Å²) in [5.74, 6) is -0.372. The molecule has 0 spiro atoms. The van der Waals surface area contributed by atoms with Crippen LogP contribution in [0.1, 0.15) is 23.1 Å². The number of nitrogens with zero attached hydrogens (tertiary/aromatic N) is 5. The van der Waals surface area contributed by atoms with Crippen LogP contribution in [0, 0.1) is 12.7 Å². The van der Waals surface area contributed by atoms with Crippen molar-refractivity contribution < 1.29 is 13.9 Å². The van der Waals surface area contributed by atoms with Crippen LogP contribution in [-0.4, -0.2) is 53.3 Å². The van der Waals surface area contributed by atoms with Crippen molar-refractivity contribution in [1.29, 1.82) is 0 Å². The van der Waals surface area contributed by atoms with Crippen LogP contribution in [0.3, 0.4) is 0 Å². The maximum Gasteiger partial charge on any atom is 0.129 e. The second-order valence-electron chi connectivity index (χ2n) is 7.90. The lowest BCUT2D eigenvalue weighted by Crippen LogP contribution is -2.36. The second-order valence-corrected chi connectivity index (χ2v) is 7.90. The highest BCUT2D eigenvalue weighted by molar-refractivity contribution is 5.94. The van der Waals surface area contributed by atoms with E-state index in [0.29, 0.717) is 17.0 Å². The average Bonchev–Trinajstić information content (AvgIpc) is 2.86. The van der Waals surface area contributed by atoms with Gasteiger partial charge in [-0.05, 0) is 43.3 Å². The zero-order chi connectivity index (χ0) is 22.8. The molecule has 1 aliphatic rings. The van der Waals surface area contributed by atoms with Crippen molar-refractivity contribution in [3.8, 4) is 11.3 Å². The van der Waals surface area contributed by atoms with Crippen LogP contribution in [0.5, 0.6) is 0 Å². The summed E-state index contributed by atoms with van der Waals surface area (Å²) < 4.78 is 26.0. The van der Waals surface area contributed by atoms with Crippen LogP contribution in [0.2, 0.25) is 0 Å². The topological polar surface area (TPSA) is 73.3 Å². The van der Waals surface area contributed by atoms with E-state index >= 15 is 0 Å². The number of methoxy groups -OCH3 is 1. The third-order valence-electron chi connectivity index (χ3n) is 5.95. The molecule has 33 heavy (non-hydrogen) atoms. The molecular formula is C25H24FN5O2. The Hall–Kier alpha value is -3.49. The van der Waals surface area contributed by atoms with Crippen LogP contribution in [0.25, 0.3) is 22.2 Å². The van der Waals surface area contributed by atoms with E-state index in [0.717, 1.165) is 54.2 Å². The molecule has 1 unspecified atom stereocenters. The number of anilines is 1. The predicted octanol–water partition coefficient (Wildman–Crippen LogP) is 4.11. The van der Waals surface area contributed by atoms with Crippen molar-refractivity contribution in [2.45, 2.75) is 13.0 Å². The highest BCUT2D eigenvalue weighted by atomic mass is 19.1. The molecule has 8 heteroatoms. The Morgan fingerprint density at radius 3 is 2.61 bits per heavy atom. The summed E-state index contributed by atoms with van der Waals surface area (Å²) in [7, 11) is 1.54. The van der Waals surface area contributed by atoms with Crippen molar-refractivity contribution >= 4 is 16.6 Å². The van der Waals surface area contributed by atoms with E-state index < -0.39 is 6.10 Å². The van der Waals surface area contributed by atoms with E-state index in [1.54, 1.807) is 30.9 Å². The first kappa shape index (κ1) is 21.4. The first-order valence-electron chi connectivity index (χ1n) is 10.8. The van der Waals surface area contributed by atoms with Gasteiger partial charge in [0.25, 0.3) is 0 Å². The number of aromatic nitrogens is 4. The van der Waals surface area contributed by atoms with E-state index in [1.807, 2.05) is 13.0 Å². The van der Waals surface area contributed by atoms with Gasteiger partial charge in [-0.1, -0.05) is 0 Å². The van der Waals surface area contributed by atoms with E-state index in [4.69, 9.17) is 9.47 Å². The molecule has 0 saturated carbocycles. The van der Waals surface area contributed by atoms with Crippen molar-refractivity contribution in [2.24, 2.45) is 0 Å². The van der Waals surface area contributed by atoms with E-state index in [1.165, 1.54) is 13.2 Å². The molecule has 1 aliphatic heterocycles. The van der Waals surface area contributed by atoms with Gasteiger partial charge in [0.1, 0.15) is 18.2 Å². The molecule has 5 rings (SSSR count). The SMILES string of the molecule is COC(c1cc(-c2ncnc3cc(N4CCOCC4)ccc23)ccc1F)c1nccnc1C. The van der Waals surface area contributed by atoms with E-state index in [9.17, 15) is 4.39 Å². The zero-order valence-electron chi connectivity index (χ0n) is 18.5. The van der Waals surface area contributed by atoms with E-state index in [-0.39, 0.29) is 5.82 Å². The van der Waals surface area contributed by atoms with Crippen molar-refractivity contribution in [1.82, 2.24) is 19.9 Å². The predicted molar refractivity (Wildman–Crippen MR) is 124 cm³/mol. The average molecular weight is 445 g/mol. The van der Waals surface area contributed by atoms with Gasteiger partial charge < -0.3 is 14.4 Å². The number of halogens is 1. The zero-order valence-corrected chi connectivity index (χ0v) is 18.5. The van der Waals surface area contributed by atoms with Gasteiger partial charge in [-0.25, -0.2) is 14.4 Å². The fourth-order valence-corrected chi connectivity index (χ4v) is 4.25. The van der Waals surface area contributed by atoms with Gasteiger partial charge >= 0.3 is 0 Å². The van der Waals surface area contributed by atoms with Crippen molar-refractivity contribution in [2.75, 3.05) is 38.3 Å². The maximum absolute atomic E-state index is 14.9. The lowest BCUT2D eigenvalue weighted by molar-refractivity contribution is 0.122. The maximum atomic E-state index is 14.9. The summed E-state index contributed by atoms with van der Waals surface area (Å²) in [4.78, 5) is 20.0. The number of aryl methyl sites for hydroxylation is 1. The van der Waals surface area contributed by atoms with Crippen LogP contribution in [-0.2, 0) is 9.47 Å². The van der Waals surface area contributed by atoms with Gasteiger partial charge in [-0.15, -0.1) is 0 Å². The highest BCUT2D eigenvalue weighted by Crippen LogP contribution is 2.33. The normalized spacial score (nSPS) is 15.1. The van der Waals surface area contributed by atoms with Gasteiger partial charge in [-0.2, -0.15) is 0 Å². The number of morpholine rings is 1. The molecule has 2 aromatic carbocycles. The Kier molecular flexibility index (Phi) is 5.93. The first-order valence-corrected chi connectivity index (χ1v) is 10.8. The summed E-state index contributed by atoms with van der Waals surface area (Å²) in [6.45, 7) is 4.98. The minimum Gasteiger partial charge on any atom is -0.378 e. The first-order chi connectivity index (χ1) is 16.2. The van der Waals surface area contributed by atoms with Gasteiger partial charge in [0, 0.05) is 54.8 Å². The van der Waals surface area contributed by atoms with Crippen molar-refractivity contribution in [3.05, 3.63) is 77.9 Å². The lowest BCUT2D eigenvalue weighted by Gasteiger charge is -2.29. The third kappa shape index (κ3) is 4.15. The summed E-state index contributed by atoms with van der Waals surface area (Å²) in [5, 5.41) is 0.900.